The number of anilines is 1. The van der Waals surface area contributed by atoms with E-state index in [1.807, 2.05) is 4.90 Å². The van der Waals surface area contributed by atoms with Gasteiger partial charge in [-0.3, -0.25) is 0 Å². The van der Waals surface area contributed by atoms with Gasteiger partial charge in [0.1, 0.15) is 10.6 Å². The third-order valence-electron chi connectivity index (χ3n) is 4.08. The zero-order valence-electron chi connectivity index (χ0n) is 15.0. The van der Waals surface area contributed by atoms with Crippen LogP contribution in [0.5, 0.6) is 5.75 Å². The van der Waals surface area contributed by atoms with Crippen molar-refractivity contribution in [1.82, 2.24) is 9.29 Å². The Morgan fingerprint density at radius 1 is 1.14 bits per heavy atom. The van der Waals surface area contributed by atoms with Gasteiger partial charge in [-0.25, -0.2) is 18.2 Å². The second-order valence-electron chi connectivity index (χ2n) is 5.91. The standard InChI is InChI=1S/C16H16F3N3O5S2/c1-26-14(23)13-10-20-15(28-13)21-6-8-22(9-7-21)29(24,25)12-4-2-11(3-5-12)27-16(17,18)19/h2-5,10H,6-9H2,1H3. The molecule has 0 amide bonds. The maximum atomic E-state index is 12.7. The molecule has 0 unspecified atom stereocenters. The van der Waals surface area contributed by atoms with Crippen molar-refractivity contribution in [1.29, 1.82) is 0 Å². The minimum Gasteiger partial charge on any atom is -0.465 e. The molecule has 0 aliphatic carbocycles. The van der Waals surface area contributed by atoms with Gasteiger partial charge in [0.2, 0.25) is 10.0 Å². The number of sulfonamides is 1. The third kappa shape index (κ3) is 4.97. The summed E-state index contributed by atoms with van der Waals surface area (Å²) < 4.78 is 71.8. The molecular weight excluding hydrogens is 435 g/mol. The van der Waals surface area contributed by atoms with Gasteiger partial charge in [-0.1, -0.05) is 11.3 Å². The number of alkyl halides is 3. The summed E-state index contributed by atoms with van der Waals surface area (Å²) in [4.78, 5) is 17.8. The first-order valence-electron chi connectivity index (χ1n) is 8.25. The highest BCUT2D eigenvalue weighted by Crippen LogP contribution is 2.27. The molecule has 1 aliphatic rings. The molecule has 3 rings (SSSR count). The van der Waals surface area contributed by atoms with Crippen LogP contribution in [0.4, 0.5) is 18.3 Å². The number of ether oxygens (including phenoxy) is 2. The van der Waals surface area contributed by atoms with Crippen molar-refractivity contribution in [2.24, 2.45) is 0 Å². The van der Waals surface area contributed by atoms with Crippen LogP contribution in [0.1, 0.15) is 9.67 Å². The van der Waals surface area contributed by atoms with Crippen LogP contribution >= 0.6 is 11.3 Å². The lowest BCUT2D eigenvalue weighted by Gasteiger charge is -2.33. The predicted octanol–water partition coefficient (Wildman–Crippen LogP) is 2.34. The molecule has 0 atom stereocenters. The van der Waals surface area contributed by atoms with E-state index in [0.29, 0.717) is 23.1 Å². The maximum Gasteiger partial charge on any atom is 0.573 e. The average Bonchev–Trinajstić information content (AvgIpc) is 3.17. The molecule has 0 saturated carbocycles. The molecule has 2 heterocycles. The number of nitrogens with zero attached hydrogens (tertiary/aromatic N) is 3. The minimum absolute atomic E-state index is 0.122. The highest BCUT2D eigenvalue weighted by atomic mass is 32.2. The largest absolute Gasteiger partial charge is 0.573 e. The fourth-order valence-electron chi connectivity index (χ4n) is 2.69. The molecule has 1 aromatic carbocycles. The van der Waals surface area contributed by atoms with Crippen LogP contribution in [0.15, 0.2) is 35.4 Å². The maximum absolute atomic E-state index is 12.7. The zero-order chi connectivity index (χ0) is 21.2. The number of rotatable bonds is 5. The van der Waals surface area contributed by atoms with E-state index in [4.69, 9.17) is 0 Å². The predicted molar refractivity (Wildman–Crippen MR) is 97.6 cm³/mol. The van der Waals surface area contributed by atoms with Crippen LogP contribution in [-0.2, 0) is 14.8 Å². The number of piperazine rings is 1. The smallest absolute Gasteiger partial charge is 0.465 e. The molecule has 0 N–H and O–H groups in total. The molecule has 8 nitrogen and oxygen atoms in total. The molecule has 1 aliphatic heterocycles. The average molecular weight is 451 g/mol. The van der Waals surface area contributed by atoms with Crippen molar-refractivity contribution < 1.29 is 35.9 Å². The number of carbonyl (C=O) groups is 1. The first-order valence-corrected chi connectivity index (χ1v) is 10.5. The Kier molecular flexibility index (Phi) is 6.00. The Labute approximate surface area is 168 Å². The number of carbonyl (C=O) groups excluding carboxylic acids is 1. The van der Waals surface area contributed by atoms with Gasteiger partial charge in [0, 0.05) is 26.2 Å². The van der Waals surface area contributed by atoms with Gasteiger partial charge in [-0.2, -0.15) is 4.31 Å². The molecule has 2 aromatic rings. The van der Waals surface area contributed by atoms with E-state index in [1.54, 1.807) is 0 Å². The van der Waals surface area contributed by atoms with E-state index >= 15 is 0 Å². The lowest BCUT2D eigenvalue weighted by Crippen LogP contribution is -2.48. The van der Waals surface area contributed by atoms with E-state index in [1.165, 1.54) is 17.6 Å². The Hall–Kier alpha value is -2.38. The molecule has 29 heavy (non-hydrogen) atoms. The molecule has 13 heteroatoms. The van der Waals surface area contributed by atoms with Crippen molar-refractivity contribution in [3.05, 3.63) is 35.3 Å². The Morgan fingerprint density at radius 2 is 1.76 bits per heavy atom. The number of hydrogen-bond donors (Lipinski definition) is 0. The lowest BCUT2D eigenvalue weighted by molar-refractivity contribution is -0.274. The molecular formula is C16H16F3N3O5S2. The summed E-state index contributed by atoms with van der Waals surface area (Å²) in [6.45, 7) is 1.03. The molecule has 0 bridgehead atoms. The molecule has 1 saturated heterocycles. The van der Waals surface area contributed by atoms with Crippen molar-refractivity contribution >= 4 is 32.5 Å². The summed E-state index contributed by atoms with van der Waals surface area (Å²) in [6, 6.07) is 4.07. The number of thiazole rings is 1. The number of esters is 1. The van der Waals surface area contributed by atoms with Gasteiger partial charge < -0.3 is 14.4 Å². The van der Waals surface area contributed by atoms with Gasteiger partial charge in [-0.05, 0) is 24.3 Å². The molecule has 1 fully saturated rings. The van der Waals surface area contributed by atoms with Crippen molar-refractivity contribution in [3.8, 4) is 5.75 Å². The number of halogens is 3. The summed E-state index contributed by atoms with van der Waals surface area (Å²) >= 11 is 1.15. The fraction of sp³-hybridized carbons (Fsp3) is 0.375. The van der Waals surface area contributed by atoms with Crippen LogP contribution in [0, 0.1) is 0 Å². The monoisotopic (exact) mass is 451 g/mol. The quantitative estimate of drug-likeness (QED) is 0.645. The van der Waals surface area contributed by atoms with Crippen LogP contribution < -0.4 is 9.64 Å². The second kappa shape index (κ2) is 8.16. The number of methoxy groups -OCH3 is 1. The highest BCUT2D eigenvalue weighted by Gasteiger charge is 2.32. The first kappa shape index (κ1) is 21.3. The van der Waals surface area contributed by atoms with Gasteiger partial charge in [-0.15, -0.1) is 13.2 Å². The van der Waals surface area contributed by atoms with Crippen molar-refractivity contribution in [2.45, 2.75) is 11.3 Å². The minimum atomic E-state index is -4.85. The van der Waals surface area contributed by atoms with Crippen molar-refractivity contribution in [2.75, 3.05) is 38.2 Å². The highest BCUT2D eigenvalue weighted by molar-refractivity contribution is 7.89. The summed E-state index contributed by atoms with van der Waals surface area (Å²) in [6.07, 6.45) is -3.44. The summed E-state index contributed by atoms with van der Waals surface area (Å²) in [5.74, 6) is -0.987. The van der Waals surface area contributed by atoms with Crippen LogP contribution in [0.3, 0.4) is 0 Å². The normalized spacial score (nSPS) is 15.9. The van der Waals surface area contributed by atoms with E-state index in [-0.39, 0.29) is 18.0 Å². The number of aromatic nitrogens is 1. The third-order valence-corrected chi connectivity index (χ3v) is 7.04. The van der Waals surface area contributed by atoms with Crippen LogP contribution in [0.2, 0.25) is 0 Å². The molecule has 0 radical (unpaired) electrons. The van der Waals surface area contributed by atoms with E-state index in [2.05, 4.69) is 14.5 Å². The van der Waals surface area contributed by atoms with Crippen LogP contribution in [-0.4, -0.2) is 63.3 Å². The van der Waals surface area contributed by atoms with Gasteiger partial charge in [0.25, 0.3) is 0 Å². The zero-order valence-corrected chi connectivity index (χ0v) is 16.7. The lowest BCUT2D eigenvalue weighted by atomic mass is 10.3. The molecule has 0 spiro atoms. The van der Waals surface area contributed by atoms with Crippen LogP contribution in [0.25, 0.3) is 0 Å². The van der Waals surface area contributed by atoms with E-state index < -0.39 is 28.1 Å². The van der Waals surface area contributed by atoms with E-state index in [9.17, 15) is 26.4 Å². The Bertz CT molecular complexity index is 968. The number of benzene rings is 1. The first-order chi connectivity index (χ1) is 13.6. The Balaban J connectivity index is 1.65. The van der Waals surface area contributed by atoms with Crippen molar-refractivity contribution in [3.63, 3.8) is 0 Å². The molecule has 158 valence electrons. The van der Waals surface area contributed by atoms with E-state index in [0.717, 1.165) is 35.6 Å². The Morgan fingerprint density at radius 3 is 2.31 bits per heavy atom. The van der Waals surface area contributed by atoms with Gasteiger partial charge in [0.05, 0.1) is 18.2 Å². The second-order valence-corrected chi connectivity index (χ2v) is 8.86. The summed E-state index contributed by atoms with van der Waals surface area (Å²) in [5, 5.41) is 0.580. The SMILES string of the molecule is COC(=O)c1cnc(N2CCN(S(=O)(=O)c3ccc(OC(F)(F)F)cc3)CC2)s1. The summed E-state index contributed by atoms with van der Waals surface area (Å²) in [7, 11) is -2.59. The topological polar surface area (TPSA) is 89.0 Å². The van der Waals surface area contributed by atoms with Gasteiger partial charge >= 0.3 is 12.3 Å². The molecule has 1 aromatic heterocycles. The van der Waals surface area contributed by atoms with Gasteiger partial charge in [0.15, 0.2) is 5.13 Å². The number of hydrogen-bond acceptors (Lipinski definition) is 8. The fourth-order valence-corrected chi connectivity index (χ4v) is 5.00. The summed E-state index contributed by atoms with van der Waals surface area (Å²) in [5.41, 5.74) is 0.